The van der Waals surface area contributed by atoms with Gasteiger partial charge >= 0.3 is 7.12 Å². The first-order valence-electron chi connectivity index (χ1n) is 7.86. The van der Waals surface area contributed by atoms with Crippen LogP contribution < -0.4 is 10.2 Å². The lowest BCUT2D eigenvalue weighted by atomic mass is 9.81. The van der Waals surface area contributed by atoms with Crippen LogP contribution in [0.15, 0.2) is 53.4 Å². The monoisotopic (exact) mass is 363 g/mol. The third kappa shape index (κ3) is 4.61. The maximum atomic E-state index is 13.0. The van der Waals surface area contributed by atoms with Gasteiger partial charge in [0.15, 0.2) is 0 Å². The van der Waals surface area contributed by atoms with Crippen LogP contribution in [-0.2, 0) is 16.6 Å². The van der Waals surface area contributed by atoms with Crippen LogP contribution in [-0.4, -0.2) is 43.0 Å². The maximum absolute atomic E-state index is 13.0. The van der Waals surface area contributed by atoms with Crippen molar-refractivity contribution >= 4 is 22.6 Å². The molecule has 0 aromatic heterocycles. The predicted octanol–water partition coefficient (Wildman–Crippen LogP) is 0.974. The van der Waals surface area contributed by atoms with Gasteiger partial charge in [0, 0.05) is 12.6 Å². The van der Waals surface area contributed by atoms with E-state index in [1.807, 2.05) is 26.0 Å². The zero-order valence-corrected chi connectivity index (χ0v) is 15.3. The van der Waals surface area contributed by atoms with Crippen LogP contribution in [0.25, 0.3) is 0 Å². The summed E-state index contributed by atoms with van der Waals surface area (Å²) < 4.78 is 32.4. The van der Waals surface area contributed by atoms with Gasteiger partial charge in [0.05, 0.1) is 12.0 Å². The highest BCUT2D eigenvalue weighted by atomic mass is 32.2. The number of methoxy groups -OCH3 is 1. The zero-order valence-electron chi connectivity index (χ0n) is 14.5. The first kappa shape index (κ1) is 19.5. The van der Waals surface area contributed by atoms with E-state index in [-0.39, 0.29) is 22.9 Å². The predicted molar refractivity (Wildman–Crippen MR) is 97.1 cm³/mol. The first-order chi connectivity index (χ1) is 11.8. The van der Waals surface area contributed by atoms with Gasteiger partial charge in [-0.2, -0.15) is 4.31 Å². The molecule has 2 aromatic carbocycles. The van der Waals surface area contributed by atoms with Crippen LogP contribution >= 0.6 is 0 Å². The van der Waals surface area contributed by atoms with E-state index in [9.17, 15) is 8.42 Å². The number of ether oxygens (including phenoxy) is 1. The Bertz CT molecular complexity index is 789. The second-order valence-corrected chi connectivity index (χ2v) is 7.83. The summed E-state index contributed by atoms with van der Waals surface area (Å²) in [6.07, 6.45) is 0. The molecule has 0 radical (unpaired) electrons. The Hall–Kier alpha value is -1.87. The van der Waals surface area contributed by atoms with Gasteiger partial charge in [-0.05, 0) is 49.1 Å². The van der Waals surface area contributed by atoms with E-state index in [1.165, 1.54) is 28.6 Å². The van der Waals surface area contributed by atoms with Crippen molar-refractivity contribution in [3.63, 3.8) is 0 Å². The molecule has 0 bridgehead atoms. The summed E-state index contributed by atoms with van der Waals surface area (Å²) in [5.41, 5.74) is 1.09. The Morgan fingerprint density at radius 1 is 1.04 bits per heavy atom. The van der Waals surface area contributed by atoms with Gasteiger partial charge in [-0.3, -0.25) is 0 Å². The molecular weight excluding hydrogens is 341 g/mol. The minimum absolute atomic E-state index is 0.110. The SMILES string of the molecule is COc1ccc(CN(C(C)C)S(=O)(=O)c2ccc(B(O)O)cc2)cc1. The van der Waals surface area contributed by atoms with E-state index >= 15 is 0 Å². The average Bonchev–Trinajstić information content (AvgIpc) is 2.59. The Balaban J connectivity index is 2.30. The lowest BCUT2D eigenvalue weighted by Crippen LogP contribution is -2.37. The van der Waals surface area contributed by atoms with Crippen molar-refractivity contribution in [3.05, 3.63) is 54.1 Å². The van der Waals surface area contributed by atoms with Crippen molar-refractivity contribution in [3.8, 4) is 5.75 Å². The molecule has 0 atom stereocenters. The zero-order chi connectivity index (χ0) is 18.6. The third-order valence-electron chi connectivity index (χ3n) is 3.86. The molecule has 0 spiro atoms. The fourth-order valence-corrected chi connectivity index (χ4v) is 4.03. The number of benzene rings is 2. The lowest BCUT2D eigenvalue weighted by molar-refractivity contribution is 0.347. The molecule has 0 saturated heterocycles. The number of hydrogen-bond donors (Lipinski definition) is 2. The van der Waals surface area contributed by atoms with E-state index in [4.69, 9.17) is 14.8 Å². The van der Waals surface area contributed by atoms with Crippen molar-refractivity contribution in [1.82, 2.24) is 4.31 Å². The summed E-state index contributed by atoms with van der Waals surface area (Å²) in [5, 5.41) is 18.3. The Morgan fingerprint density at radius 3 is 2.04 bits per heavy atom. The van der Waals surface area contributed by atoms with Crippen LogP contribution in [0, 0.1) is 0 Å². The molecule has 0 saturated carbocycles. The van der Waals surface area contributed by atoms with Crippen LogP contribution in [0.4, 0.5) is 0 Å². The number of hydrogen-bond acceptors (Lipinski definition) is 5. The number of sulfonamides is 1. The average molecular weight is 363 g/mol. The summed E-state index contributed by atoms with van der Waals surface area (Å²) in [5.74, 6) is 0.709. The van der Waals surface area contributed by atoms with Gasteiger partial charge in [0.1, 0.15) is 5.75 Å². The Morgan fingerprint density at radius 2 is 1.60 bits per heavy atom. The van der Waals surface area contributed by atoms with Gasteiger partial charge in [-0.1, -0.05) is 24.3 Å². The maximum Gasteiger partial charge on any atom is 0.488 e. The molecule has 25 heavy (non-hydrogen) atoms. The molecule has 0 unspecified atom stereocenters. The van der Waals surface area contributed by atoms with Gasteiger partial charge in [-0.25, -0.2) is 8.42 Å². The molecule has 0 aliphatic rings. The standard InChI is InChI=1S/C17H22BNO5S/c1-13(2)19(12-14-4-8-16(24-3)9-5-14)25(22,23)17-10-6-15(7-11-17)18(20)21/h4-11,13,20-21H,12H2,1-3H3. The number of nitrogens with zero attached hydrogens (tertiary/aromatic N) is 1. The minimum Gasteiger partial charge on any atom is -0.497 e. The summed E-state index contributed by atoms with van der Waals surface area (Å²) in [4.78, 5) is 0.110. The van der Waals surface area contributed by atoms with Crippen LogP contribution in [0.1, 0.15) is 19.4 Å². The van der Waals surface area contributed by atoms with Crippen LogP contribution in [0.5, 0.6) is 5.75 Å². The van der Waals surface area contributed by atoms with E-state index in [1.54, 1.807) is 19.2 Å². The highest BCUT2D eigenvalue weighted by Crippen LogP contribution is 2.21. The molecule has 0 aliphatic heterocycles. The molecule has 0 amide bonds. The molecule has 2 N–H and O–H groups in total. The highest BCUT2D eigenvalue weighted by Gasteiger charge is 2.27. The molecule has 2 aromatic rings. The quantitative estimate of drug-likeness (QED) is 0.716. The Labute approximate surface area is 148 Å². The minimum atomic E-state index is -3.72. The summed E-state index contributed by atoms with van der Waals surface area (Å²) in [6, 6.07) is 12.5. The molecule has 0 heterocycles. The van der Waals surface area contributed by atoms with Crippen molar-refractivity contribution in [2.75, 3.05) is 7.11 Å². The van der Waals surface area contributed by atoms with Crippen molar-refractivity contribution in [1.29, 1.82) is 0 Å². The van der Waals surface area contributed by atoms with E-state index in [2.05, 4.69) is 0 Å². The molecule has 8 heteroatoms. The number of rotatable bonds is 7. The summed E-state index contributed by atoms with van der Waals surface area (Å²) >= 11 is 0. The van der Waals surface area contributed by atoms with Crippen LogP contribution in [0.3, 0.4) is 0 Å². The van der Waals surface area contributed by atoms with Gasteiger partial charge < -0.3 is 14.8 Å². The van der Waals surface area contributed by atoms with Gasteiger partial charge in [-0.15, -0.1) is 0 Å². The van der Waals surface area contributed by atoms with Gasteiger partial charge in [0.25, 0.3) is 0 Å². The summed E-state index contributed by atoms with van der Waals surface area (Å²) in [7, 11) is -3.77. The topological polar surface area (TPSA) is 87.1 Å². The molecule has 2 rings (SSSR count). The fraction of sp³-hybridized carbons (Fsp3) is 0.294. The van der Waals surface area contributed by atoms with E-state index in [0.717, 1.165) is 5.56 Å². The Kier molecular flexibility index (Phi) is 6.23. The first-order valence-corrected chi connectivity index (χ1v) is 9.30. The summed E-state index contributed by atoms with van der Waals surface area (Å²) in [6.45, 7) is 3.86. The molecule has 6 nitrogen and oxygen atoms in total. The third-order valence-corrected chi connectivity index (χ3v) is 5.89. The normalized spacial score (nSPS) is 11.8. The van der Waals surface area contributed by atoms with Gasteiger partial charge in [0.2, 0.25) is 10.0 Å². The second-order valence-electron chi connectivity index (χ2n) is 5.93. The lowest BCUT2D eigenvalue weighted by Gasteiger charge is -2.26. The van der Waals surface area contributed by atoms with E-state index < -0.39 is 17.1 Å². The van der Waals surface area contributed by atoms with E-state index in [0.29, 0.717) is 5.75 Å². The second kappa shape index (κ2) is 8.01. The highest BCUT2D eigenvalue weighted by molar-refractivity contribution is 7.89. The molecule has 0 fully saturated rings. The van der Waals surface area contributed by atoms with Crippen LogP contribution in [0.2, 0.25) is 0 Å². The molecular formula is C17H22BNO5S. The van der Waals surface area contributed by atoms with Crippen molar-refractivity contribution in [2.45, 2.75) is 31.3 Å². The van der Waals surface area contributed by atoms with Crippen molar-refractivity contribution < 1.29 is 23.2 Å². The fourth-order valence-electron chi connectivity index (χ4n) is 2.40. The molecule has 0 aliphatic carbocycles. The largest absolute Gasteiger partial charge is 0.497 e. The van der Waals surface area contributed by atoms with Crippen molar-refractivity contribution in [2.24, 2.45) is 0 Å². The smallest absolute Gasteiger partial charge is 0.488 e. The molecule has 134 valence electrons.